The molecule has 0 aliphatic heterocycles. The molecule has 0 unspecified atom stereocenters. The number of carbonyl (C=O) groups excluding carboxylic acids is 1. The Kier molecular flexibility index (Phi) is 9.25. The van der Waals surface area contributed by atoms with Crippen molar-refractivity contribution in [3.63, 3.8) is 0 Å². The normalized spacial score (nSPS) is 15.3. The summed E-state index contributed by atoms with van der Waals surface area (Å²) in [5.74, 6) is 6.13. The predicted octanol–water partition coefficient (Wildman–Crippen LogP) is 4.20. The molecule has 0 spiro atoms. The van der Waals surface area contributed by atoms with E-state index in [1.807, 2.05) is 24.3 Å². The van der Waals surface area contributed by atoms with E-state index in [9.17, 15) is 4.79 Å². The maximum Gasteiger partial charge on any atom is 0.360 e. The minimum Gasteiger partial charge on any atom is -0.490 e. The lowest BCUT2D eigenvalue weighted by Crippen LogP contribution is -2.20. The molecule has 0 atom stereocenters. The van der Waals surface area contributed by atoms with Crippen molar-refractivity contribution >= 4 is 23.2 Å². The molecule has 0 aromatic heterocycles. The number of hydrogen-bond acceptors (Lipinski definition) is 9. The molecule has 1 fully saturated rings. The molecule has 2 N–H and O–H groups in total. The summed E-state index contributed by atoms with van der Waals surface area (Å²) in [5.41, 5.74) is 2.73. The lowest BCUT2D eigenvalue weighted by Gasteiger charge is -2.16. The van der Waals surface area contributed by atoms with Gasteiger partial charge >= 0.3 is 5.97 Å². The summed E-state index contributed by atoms with van der Waals surface area (Å²) in [6.45, 7) is 1.80. The fourth-order valence-electron chi connectivity index (χ4n) is 4.05. The van der Waals surface area contributed by atoms with Gasteiger partial charge in [0.1, 0.15) is 25.7 Å². The van der Waals surface area contributed by atoms with Crippen molar-refractivity contribution in [2.45, 2.75) is 38.7 Å². The second-order valence-electron chi connectivity index (χ2n) is 7.90. The molecule has 9 heteroatoms. The van der Waals surface area contributed by atoms with Gasteiger partial charge in [0.25, 0.3) is 0 Å². The third kappa shape index (κ3) is 6.19. The molecule has 1 saturated carbocycles. The number of allylic oxidation sites excluding steroid dienone is 1. The molecule has 0 amide bonds. The van der Waals surface area contributed by atoms with Crippen LogP contribution in [-0.4, -0.2) is 44.8 Å². The number of hydrogen-bond donors (Lipinski definition) is 1. The fourth-order valence-corrected chi connectivity index (χ4v) is 4.05. The Labute approximate surface area is 205 Å². The van der Waals surface area contributed by atoms with Crippen LogP contribution in [0.15, 0.2) is 64.4 Å². The number of ether oxygens (including phenoxy) is 2. The van der Waals surface area contributed by atoms with E-state index in [4.69, 9.17) is 29.9 Å². The molecule has 0 saturated heterocycles. The van der Waals surface area contributed by atoms with Crippen LogP contribution in [0.5, 0.6) is 5.75 Å². The summed E-state index contributed by atoms with van der Waals surface area (Å²) in [5, 5.41) is 8.07. The summed E-state index contributed by atoms with van der Waals surface area (Å²) in [6, 6.07) is 14.6. The second kappa shape index (κ2) is 12.6. The van der Waals surface area contributed by atoms with Gasteiger partial charge in [-0.05, 0) is 56.9 Å². The molecule has 35 heavy (non-hydrogen) atoms. The highest BCUT2D eigenvalue weighted by atomic mass is 16.6. The van der Waals surface area contributed by atoms with E-state index in [-0.39, 0.29) is 17.6 Å². The SMILES string of the molecule is CO/N=C(\C(C)=C(/ON)c1ccccc1/C(=N\OC)C(=O)OC)c1ccc(OC2CCCC2)cc1. The topological polar surface area (TPSA) is 114 Å². The molecule has 0 radical (unpaired) electrons. The molecule has 1 aliphatic carbocycles. The van der Waals surface area contributed by atoms with E-state index in [2.05, 4.69) is 10.3 Å². The largest absolute Gasteiger partial charge is 0.490 e. The molecule has 2 aromatic rings. The van der Waals surface area contributed by atoms with Crippen molar-refractivity contribution in [3.8, 4) is 5.75 Å². The predicted molar refractivity (Wildman–Crippen MR) is 133 cm³/mol. The lowest BCUT2D eigenvalue weighted by molar-refractivity contribution is -0.132. The monoisotopic (exact) mass is 481 g/mol. The van der Waals surface area contributed by atoms with Crippen LogP contribution in [0.1, 0.15) is 49.3 Å². The van der Waals surface area contributed by atoms with Crippen molar-refractivity contribution in [3.05, 3.63) is 70.8 Å². The molecule has 1 aliphatic rings. The van der Waals surface area contributed by atoms with E-state index in [0.717, 1.165) is 24.2 Å². The van der Waals surface area contributed by atoms with Crippen molar-refractivity contribution in [2.24, 2.45) is 16.2 Å². The van der Waals surface area contributed by atoms with Crippen LogP contribution in [0.4, 0.5) is 0 Å². The summed E-state index contributed by atoms with van der Waals surface area (Å²) in [6.07, 6.45) is 4.83. The van der Waals surface area contributed by atoms with Crippen LogP contribution in [0.3, 0.4) is 0 Å². The zero-order valence-corrected chi connectivity index (χ0v) is 20.4. The van der Waals surface area contributed by atoms with Gasteiger partial charge in [0.15, 0.2) is 11.5 Å². The van der Waals surface area contributed by atoms with Crippen molar-refractivity contribution in [2.75, 3.05) is 21.3 Å². The lowest BCUT2D eigenvalue weighted by atomic mass is 9.95. The highest BCUT2D eigenvalue weighted by Gasteiger charge is 2.24. The molecular weight excluding hydrogens is 450 g/mol. The van der Waals surface area contributed by atoms with Gasteiger partial charge in [-0.3, -0.25) is 0 Å². The maximum absolute atomic E-state index is 12.4. The zero-order valence-electron chi connectivity index (χ0n) is 20.4. The summed E-state index contributed by atoms with van der Waals surface area (Å²) in [7, 11) is 4.07. The van der Waals surface area contributed by atoms with Gasteiger partial charge in [0.2, 0.25) is 0 Å². The molecule has 3 rings (SSSR count). The standard InChI is InChI=1S/C26H31N3O6/c1-17(23(28-32-3)18-13-15-20(16-14-18)34-19-9-5-6-10-19)25(35-27)22-12-8-7-11-21(22)24(29-33-4)26(30)31-2/h7-8,11-16,19H,5-6,9-10,27H2,1-4H3/b25-17-,28-23+,29-24+. The summed E-state index contributed by atoms with van der Waals surface area (Å²) < 4.78 is 10.9. The van der Waals surface area contributed by atoms with Crippen LogP contribution < -0.4 is 10.6 Å². The number of methoxy groups -OCH3 is 1. The van der Waals surface area contributed by atoms with E-state index < -0.39 is 5.97 Å². The van der Waals surface area contributed by atoms with Gasteiger partial charge in [-0.2, -0.15) is 5.90 Å². The highest BCUT2D eigenvalue weighted by Crippen LogP contribution is 2.28. The Morgan fingerprint density at radius 1 is 0.886 bits per heavy atom. The Balaban J connectivity index is 2.03. The molecule has 2 aromatic carbocycles. The minimum absolute atomic E-state index is 0.0356. The second-order valence-corrected chi connectivity index (χ2v) is 7.90. The summed E-state index contributed by atoms with van der Waals surface area (Å²) in [4.78, 5) is 27.7. The number of oxime groups is 2. The van der Waals surface area contributed by atoms with E-state index in [1.165, 1.54) is 34.2 Å². The molecule has 0 heterocycles. The highest BCUT2D eigenvalue weighted by molar-refractivity contribution is 6.43. The van der Waals surface area contributed by atoms with Crippen LogP contribution in [0, 0.1) is 0 Å². The smallest absolute Gasteiger partial charge is 0.360 e. The molecule has 0 bridgehead atoms. The first-order valence-electron chi connectivity index (χ1n) is 11.3. The van der Waals surface area contributed by atoms with Crippen LogP contribution in [-0.2, 0) is 24.0 Å². The van der Waals surface area contributed by atoms with Gasteiger partial charge in [0.05, 0.1) is 13.2 Å². The van der Waals surface area contributed by atoms with Crippen molar-refractivity contribution in [1.82, 2.24) is 0 Å². The van der Waals surface area contributed by atoms with Crippen LogP contribution in [0.2, 0.25) is 0 Å². The number of nitrogens with two attached hydrogens (primary N) is 1. The van der Waals surface area contributed by atoms with Crippen LogP contribution >= 0.6 is 0 Å². The maximum atomic E-state index is 12.4. The van der Waals surface area contributed by atoms with Crippen molar-refractivity contribution in [1.29, 1.82) is 0 Å². The van der Waals surface area contributed by atoms with Crippen molar-refractivity contribution < 1.29 is 28.8 Å². The Hall–Kier alpha value is -3.85. The Bertz CT molecular complexity index is 1100. The van der Waals surface area contributed by atoms with Gasteiger partial charge < -0.3 is 24.0 Å². The number of esters is 1. The first-order chi connectivity index (χ1) is 17.0. The average Bonchev–Trinajstić information content (AvgIpc) is 3.40. The molecular formula is C26H31N3O6. The first-order valence-corrected chi connectivity index (χ1v) is 11.3. The number of benzene rings is 2. The molecule has 186 valence electrons. The van der Waals surface area contributed by atoms with Gasteiger partial charge in [0, 0.05) is 22.3 Å². The molecule has 9 nitrogen and oxygen atoms in total. The van der Waals surface area contributed by atoms with Gasteiger partial charge in [-0.25, -0.2) is 4.79 Å². The summed E-state index contributed by atoms with van der Waals surface area (Å²) >= 11 is 0. The third-order valence-electron chi connectivity index (χ3n) is 5.72. The van der Waals surface area contributed by atoms with Gasteiger partial charge in [-0.15, -0.1) is 0 Å². The minimum atomic E-state index is -0.669. The zero-order chi connectivity index (χ0) is 25.2. The van der Waals surface area contributed by atoms with Gasteiger partial charge in [-0.1, -0.05) is 34.6 Å². The number of nitrogens with zero attached hydrogens (tertiary/aromatic N) is 2. The van der Waals surface area contributed by atoms with E-state index in [0.29, 0.717) is 22.4 Å². The fraction of sp³-hybridized carbons (Fsp3) is 0.346. The number of carbonyl (C=O) groups is 1. The van der Waals surface area contributed by atoms with E-state index >= 15 is 0 Å². The van der Waals surface area contributed by atoms with Crippen LogP contribution in [0.25, 0.3) is 5.76 Å². The third-order valence-corrected chi connectivity index (χ3v) is 5.72. The first kappa shape index (κ1) is 25.8. The average molecular weight is 482 g/mol. The Morgan fingerprint density at radius 3 is 2.06 bits per heavy atom. The van der Waals surface area contributed by atoms with E-state index in [1.54, 1.807) is 31.2 Å². The quantitative estimate of drug-likeness (QED) is 0.234. The Morgan fingerprint density at radius 2 is 1.49 bits per heavy atom. The number of rotatable bonds is 10.